The van der Waals surface area contributed by atoms with Gasteiger partial charge in [0.2, 0.25) is 0 Å². The number of benzene rings is 1. The summed E-state index contributed by atoms with van der Waals surface area (Å²) < 4.78 is 11.7. The van der Waals surface area contributed by atoms with Crippen molar-refractivity contribution in [3.05, 3.63) is 28.2 Å². The van der Waals surface area contributed by atoms with Crippen LogP contribution in [-0.2, 0) is 11.3 Å². The van der Waals surface area contributed by atoms with E-state index >= 15 is 0 Å². The van der Waals surface area contributed by atoms with Crippen molar-refractivity contribution in [2.45, 2.75) is 25.9 Å². The Hall–Kier alpha value is -0.580. The van der Waals surface area contributed by atoms with Crippen LogP contribution in [0.2, 0.25) is 0 Å². The topological polar surface area (TPSA) is 58.1 Å². The summed E-state index contributed by atoms with van der Waals surface area (Å²) in [6, 6.07) is 6.05. The average Bonchev–Trinajstić information content (AvgIpc) is 2.62. The van der Waals surface area contributed by atoms with Crippen LogP contribution in [0.3, 0.4) is 0 Å². The highest BCUT2D eigenvalue weighted by Gasteiger charge is 2.28. The van der Waals surface area contributed by atoms with Crippen molar-refractivity contribution in [1.29, 1.82) is 0 Å². The first-order valence-electron chi connectivity index (χ1n) is 8.56. The van der Waals surface area contributed by atoms with Gasteiger partial charge in [-0.25, -0.2) is 0 Å². The minimum Gasteiger partial charge on any atom is -0.496 e. The van der Waals surface area contributed by atoms with Gasteiger partial charge in [0.05, 0.1) is 24.8 Å². The van der Waals surface area contributed by atoms with Crippen molar-refractivity contribution < 1.29 is 9.47 Å². The number of guanidine groups is 1. The number of hydrogen-bond acceptors (Lipinski definition) is 4. The number of morpholine rings is 1. The van der Waals surface area contributed by atoms with Gasteiger partial charge in [-0.15, -0.1) is 24.0 Å². The van der Waals surface area contributed by atoms with Crippen molar-refractivity contribution in [2.75, 3.05) is 47.0 Å². The summed E-state index contributed by atoms with van der Waals surface area (Å²) >= 11 is 3.52. The van der Waals surface area contributed by atoms with E-state index in [0.29, 0.717) is 6.54 Å². The highest BCUT2D eigenvalue weighted by Crippen LogP contribution is 2.25. The lowest BCUT2D eigenvalue weighted by molar-refractivity contribution is -0.00834. The zero-order valence-corrected chi connectivity index (χ0v) is 19.9. The van der Waals surface area contributed by atoms with Crippen LogP contribution in [0.5, 0.6) is 5.75 Å². The Labute approximate surface area is 182 Å². The first-order valence-corrected chi connectivity index (χ1v) is 9.35. The summed E-state index contributed by atoms with van der Waals surface area (Å²) in [6.07, 6.45) is 0. The van der Waals surface area contributed by atoms with E-state index in [1.807, 2.05) is 12.1 Å². The predicted octanol–water partition coefficient (Wildman–Crippen LogP) is 2.85. The number of rotatable bonds is 6. The molecule has 148 valence electrons. The molecule has 0 radical (unpaired) electrons. The number of halogens is 2. The Morgan fingerprint density at radius 1 is 1.31 bits per heavy atom. The Bertz CT molecular complexity index is 593. The summed E-state index contributed by atoms with van der Waals surface area (Å²) in [4.78, 5) is 6.78. The van der Waals surface area contributed by atoms with Crippen LogP contribution in [-0.4, -0.2) is 63.4 Å². The monoisotopic (exact) mass is 540 g/mol. The maximum Gasteiger partial charge on any atom is 0.191 e. The molecule has 1 aliphatic rings. The molecule has 0 saturated carbocycles. The third-order valence-electron chi connectivity index (χ3n) is 4.46. The van der Waals surface area contributed by atoms with Crippen molar-refractivity contribution in [2.24, 2.45) is 4.99 Å². The third kappa shape index (κ3) is 6.86. The van der Waals surface area contributed by atoms with Gasteiger partial charge in [0, 0.05) is 38.8 Å². The normalized spacial score (nSPS) is 16.0. The molecular weight excluding hydrogens is 511 g/mol. The number of ether oxygens (including phenoxy) is 2. The molecule has 0 aromatic heterocycles. The second-order valence-corrected chi connectivity index (χ2v) is 7.51. The molecule has 0 bridgehead atoms. The lowest BCUT2D eigenvalue weighted by Crippen LogP contribution is -2.56. The van der Waals surface area contributed by atoms with Crippen LogP contribution in [0.15, 0.2) is 27.7 Å². The molecule has 2 rings (SSSR count). The SMILES string of the molecule is CN=C(NCc1ccc(OC)c(Br)c1)NCC(C)(C)N1CCOCC1.I. The van der Waals surface area contributed by atoms with Crippen molar-refractivity contribution in [1.82, 2.24) is 15.5 Å². The van der Waals surface area contributed by atoms with Crippen LogP contribution >= 0.6 is 39.9 Å². The average molecular weight is 541 g/mol. The van der Waals surface area contributed by atoms with E-state index in [1.165, 1.54) is 0 Å². The maximum absolute atomic E-state index is 5.44. The molecule has 1 aromatic carbocycles. The number of aliphatic imine (C=N–C) groups is 1. The molecule has 1 saturated heterocycles. The fraction of sp³-hybridized carbons (Fsp3) is 0.611. The molecule has 1 aliphatic heterocycles. The largest absolute Gasteiger partial charge is 0.496 e. The summed E-state index contributed by atoms with van der Waals surface area (Å²) in [6.45, 7) is 9.57. The molecule has 6 nitrogen and oxygen atoms in total. The first-order chi connectivity index (χ1) is 12.0. The van der Waals surface area contributed by atoms with Gasteiger partial charge >= 0.3 is 0 Å². The zero-order chi connectivity index (χ0) is 18.3. The zero-order valence-electron chi connectivity index (χ0n) is 16.0. The fourth-order valence-electron chi connectivity index (χ4n) is 2.81. The third-order valence-corrected chi connectivity index (χ3v) is 5.08. The van der Waals surface area contributed by atoms with Crippen molar-refractivity contribution in [3.8, 4) is 5.75 Å². The molecule has 1 heterocycles. The van der Waals surface area contributed by atoms with Crippen LogP contribution in [0.1, 0.15) is 19.4 Å². The summed E-state index contributed by atoms with van der Waals surface area (Å²) in [5, 5.41) is 6.79. The minimum absolute atomic E-state index is 0. The maximum atomic E-state index is 5.44. The van der Waals surface area contributed by atoms with Gasteiger partial charge in [-0.2, -0.15) is 0 Å². The van der Waals surface area contributed by atoms with Gasteiger partial charge < -0.3 is 20.1 Å². The lowest BCUT2D eigenvalue weighted by atomic mass is 10.0. The second kappa shape index (κ2) is 11.3. The number of nitrogens with one attached hydrogen (secondary N) is 2. The predicted molar refractivity (Wildman–Crippen MR) is 121 cm³/mol. The Kier molecular flexibility index (Phi) is 10.2. The van der Waals surface area contributed by atoms with E-state index < -0.39 is 0 Å². The van der Waals surface area contributed by atoms with Gasteiger partial charge in [0.25, 0.3) is 0 Å². The quantitative estimate of drug-likeness (QED) is 0.330. The first kappa shape index (κ1) is 23.5. The van der Waals surface area contributed by atoms with Gasteiger partial charge in [-0.1, -0.05) is 6.07 Å². The molecular formula is C18H30BrIN4O2. The summed E-state index contributed by atoms with van der Waals surface area (Å²) in [7, 11) is 3.46. The van der Waals surface area contributed by atoms with Crippen LogP contribution in [0, 0.1) is 0 Å². The van der Waals surface area contributed by atoms with Crippen molar-refractivity contribution >= 4 is 45.9 Å². The van der Waals surface area contributed by atoms with Gasteiger partial charge in [-0.05, 0) is 47.5 Å². The molecule has 0 amide bonds. The van der Waals surface area contributed by atoms with E-state index in [-0.39, 0.29) is 29.5 Å². The van der Waals surface area contributed by atoms with E-state index in [4.69, 9.17) is 9.47 Å². The Balaban J connectivity index is 0.00000338. The Morgan fingerprint density at radius 3 is 2.58 bits per heavy atom. The van der Waals surface area contributed by atoms with E-state index in [2.05, 4.69) is 56.4 Å². The smallest absolute Gasteiger partial charge is 0.191 e. The molecule has 0 atom stereocenters. The molecule has 0 aliphatic carbocycles. The molecule has 26 heavy (non-hydrogen) atoms. The van der Waals surface area contributed by atoms with E-state index in [1.54, 1.807) is 14.2 Å². The number of hydrogen-bond donors (Lipinski definition) is 2. The lowest BCUT2D eigenvalue weighted by Gasteiger charge is -2.41. The summed E-state index contributed by atoms with van der Waals surface area (Å²) in [5.41, 5.74) is 1.20. The minimum atomic E-state index is 0. The van der Waals surface area contributed by atoms with Crippen molar-refractivity contribution in [3.63, 3.8) is 0 Å². The fourth-order valence-corrected chi connectivity index (χ4v) is 3.39. The molecule has 0 spiro atoms. The van der Waals surface area contributed by atoms with E-state index in [9.17, 15) is 0 Å². The number of nitrogens with zero attached hydrogens (tertiary/aromatic N) is 2. The molecule has 0 unspecified atom stereocenters. The Morgan fingerprint density at radius 2 is 2.00 bits per heavy atom. The van der Waals surface area contributed by atoms with E-state index in [0.717, 1.165) is 54.6 Å². The van der Waals surface area contributed by atoms with Crippen LogP contribution in [0.25, 0.3) is 0 Å². The van der Waals surface area contributed by atoms with Gasteiger partial charge in [-0.3, -0.25) is 9.89 Å². The van der Waals surface area contributed by atoms with Crippen LogP contribution < -0.4 is 15.4 Å². The molecule has 1 fully saturated rings. The molecule has 2 N–H and O–H groups in total. The number of methoxy groups -OCH3 is 1. The standard InChI is InChI=1S/C18H29BrN4O2.HI/c1-18(2,23-7-9-25-10-8-23)13-22-17(20-3)21-12-14-5-6-16(24-4)15(19)11-14;/h5-6,11H,7-10,12-13H2,1-4H3,(H2,20,21,22);1H. The molecule has 1 aromatic rings. The second-order valence-electron chi connectivity index (χ2n) is 6.66. The van der Waals surface area contributed by atoms with Gasteiger partial charge in [0.1, 0.15) is 5.75 Å². The highest BCUT2D eigenvalue weighted by molar-refractivity contribution is 14.0. The van der Waals surface area contributed by atoms with Crippen LogP contribution in [0.4, 0.5) is 0 Å². The van der Waals surface area contributed by atoms with Gasteiger partial charge in [0.15, 0.2) is 5.96 Å². The molecule has 8 heteroatoms. The highest BCUT2D eigenvalue weighted by atomic mass is 127. The summed E-state index contributed by atoms with van der Waals surface area (Å²) in [5.74, 6) is 1.63.